The molecular weight excluding hydrogens is 285 g/mol. The van der Waals surface area contributed by atoms with Gasteiger partial charge in [-0.05, 0) is 52.5 Å². The number of aliphatic hydroxyl groups is 1. The smallest absolute Gasteiger partial charge is 0.137 e. The van der Waals surface area contributed by atoms with Gasteiger partial charge in [0, 0.05) is 13.0 Å². The van der Waals surface area contributed by atoms with Crippen LogP contribution in [0.3, 0.4) is 0 Å². The molecule has 2 N–H and O–H groups in total. The Bertz CT molecular complexity index is 412. The molecule has 1 aromatic carbocycles. The summed E-state index contributed by atoms with van der Waals surface area (Å²) in [6, 6.07) is 4.93. The first-order valence-electron chi connectivity index (χ1n) is 5.88. The van der Waals surface area contributed by atoms with Crippen molar-refractivity contribution in [3.05, 3.63) is 34.1 Å². The molecule has 1 aliphatic heterocycles. The van der Waals surface area contributed by atoms with Crippen LogP contribution in [-0.2, 0) is 6.42 Å². The van der Waals surface area contributed by atoms with Gasteiger partial charge in [-0.2, -0.15) is 0 Å². The first-order valence-corrected chi connectivity index (χ1v) is 6.67. The maximum absolute atomic E-state index is 13.1. The molecule has 1 aromatic rings. The lowest BCUT2D eigenvalue weighted by atomic mass is 9.78. The molecule has 2 unspecified atom stereocenters. The van der Waals surface area contributed by atoms with Crippen LogP contribution in [0, 0.1) is 11.7 Å². The minimum absolute atomic E-state index is 0.208. The zero-order chi connectivity index (χ0) is 12.5. The van der Waals surface area contributed by atoms with Crippen LogP contribution in [0.4, 0.5) is 4.39 Å². The molecule has 0 saturated carbocycles. The van der Waals surface area contributed by atoms with Gasteiger partial charge in [0.1, 0.15) is 5.82 Å². The van der Waals surface area contributed by atoms with E-state index >= 15 is 0 Å². The predicted molar refractivity (Wildman–Crippen MR) is 69.4 cm³/mol. The largest absolute Gasteiger partial charge is 0.389 e. The Labute approximate surface area is 109 Å². The van der Waals surface area contributed by atoms with Crippen molar-refractivity contribution in [2.24, 2.45) is 5.92 Å². The van der Waals surface area contributed by atoms with Crippen molar-refractivity contribution in [3.8, 4) is 0 Å². The lowest BCUT2D eigenvalue weighted by Crippen LogP contribution is -2.50. The monoisotopic (exact) mass is 301 g/mol. The molecule has 0 spiro atoms. The molecule has 0 radical (unpaired) electrons. The van der Waals surface area contributed by atoms with Crippen LogP contribution in [0.25, 0.3) is 0 Å². The van der Waals surface area contributed by atoms with Gasteiger partial charge in [-0.15, -0.1) is 0 Å². The predicted octanol–water partition coefficient (Wildman–Crippen LogP) is 2.49. The summed E-state index contributed by atoms with van der Waals surface area (Å²) in [6.45, 7) is 3.72. The molecule has 0 aromatic heterocycles. The quantitative estimate of drug-likeness (QED) is 0.880. The molecule has 4 heteroatoms. The summed E-state index contributed by atoms with van der Waals surface area (Å²) in [4.78, 5) is 0. The second-order valence-corrected chi connectivity index (χ2v) is 5.74. The first kappa shape index (κ1) is 13.0. The van der Waals surface area contributed by atoms with Crippen LogP contribution in [-0.4, -0.2) is 23.8 Å². The summed E-state index contributed by atoms with van der Waals surface area (Å²) in [5.74, 6) is -0.0563. The third-order valence-electron chi connectivity index (χ3n) is 3.60. The summed E-state index contributed by atoms with van der Waals surface area (Å²) in [5, 5.41) is 13.9. The first-order chi connectivity index (χ1) is 8.01. The van der Waals surface area contributed by atoms with Gasteiger partial charge in [-0.3, -0.25) is 0 Å². The van der Waals surface area contributed by atoms with Crippen LogP contribution < -0.4 is 5.32 Å². The van der Waals surface area contributed by atoms with Crippen LogP contribution in [0.5, 0.6) is 0 Å². The molecule has 17 heavy (non-hydrogen) atoms. The average Bonchev–Trinajstić information content (AvgIpc) is 2.28. The van der Waals surface area contributed by atoms with Crippen molar-refractivity contribution in [2.45, 2.75) is 25.4 Å². The Morgan fingerprint density at radius 1 is 1.59 bits per heavy atom. The minimum atomic E-state index is -0.678. The minimum Gasteiger partial charge on any atom is -0.389 e. The van der Waals surface area contributed by atoms with Crippen LogP contribution in [0.1, 0.15) is 18.9 Å². The van der Waals surface area contributed by atoms with E-state index in [1.807, 2.05) is 6.92 Å². The van der Waals surface area contributed by atoms with E-state index in [9.17, 15) is 9.50 Å². The summed E-state index contributed by atoms with van der Waals surface area (Å²) < 4.78 is 13.6. The van der Waals surface area contributed by atoms with Crippen molar-refractivity contribution in [3.63, 3.8) is 0 Å². The Morgan fingerprint density at radius 2 is 2.35 bits per heavy atom. The van der Waals surface area contributed by atoms with Crippen molar-refractivity contribution < 1.29 is 9.50 Å². The summed E-state index contributed by atoms with van der Waals surface area (Å²) in [5.41, 5.74) is 0.289. The Morgan fingerprint density at radius 3 is 3.00 bits per heavy atom. The number of halogens is 2. The van der Waals surface area contributed by atoms with Gasteiger partial charge >= 0.3 is 0 Å². The maximum Gasteiger partial charge on any atom is 0.137 e. The van der Waals surface area contributed by atoms with E-state index in [0.717, 1.165) is 25.1 Å². The highest BCUT2D eigenvalue weighted by atomic mass is 79.9. The molecular formula is C13H17BrFNO. The van der Waals surface area contributed by atoms with Crippen molar-refractivity contribution in [1.29, 1.82) is 0 Å². The molecule has 1 fully saturated rings. The molecule has 1 aliphatic rings. The maximum atomic E-state index is 13.1. The van der Waals surface area contributed by atoms with Crippen LogP contribution >= 0.6 is 15.9 Å². The van der Waals surface area contributed by atoms with E-state index in [-0.39, 0.29) is 11.7 Å². The Balaban J connectivity index is 2.16. The number of hydrogen-bond donors (Lipinski definition) is 2. The van der Waals surface area contributed by atoms with Gasteiger partial charge in [0.25, 0.3) is 0 Å². The second-order valence-electron chi connectivity index (χ2n) is 4.88. The van der Waals surface area contributed by atoms with E-state index in [4.69, 9.17) is 0 Å². The van der Waals surface area contributed by atoms with Gasteiger partial charge in [0.2, 0.25) is 0 Å². The summed E-state index contributed by atoms with van der Waals surface area (Å²) >= 11 is 3.17. The highest BCUT2D eigenvalue weighted by Gasteiger charge is 2.35. The number of hydrogen-bond acceptors (Lipinski definition) is 2. The van der Waals surface area contributed by atoms with Crippen LogP contribution in [0.2, 0.25) is 0 Å². The standard InChI is InChI=1S/C13H17BrFNO/c1-9-8-16-5-4-13(9,17)7-10-2-3-12(15)11(14)6-10/h2-3,6,9,16-17H,4-5,7-8H2,1H3. The fraction of sp³-hybridized carbons (Fsp3) is 0.538. The molecule has 1 heterocycles. The Kier molecular flexibility index (Phi) is 3.85. The zero-order valence-corrected chi connectivity index (χ0v) is 11.4. The summed E-state index contributed by atoms with van der Waals surface area (Å²) in [6.07, 6.45) is 1.32. The molecule has 94 valence electrons. The third-order valence-corrected chi connectivity index (χ3v) is 4.20. The van der Waals surface area contributed by atoms with Crippen molar-refractivity contribution >= 4 is 15.9 Å². The Hall–Kier alpha value is -0.450. The normalized spacial score (nSPS) is 29.3. The fourth-order valence-corrected chi connectivity index (χ4v) is 2.75. The van der Waals surface area contributed by atoms with Crippen LogP contribution in [0.15, 0.2) is 22.7 Å². The molecule has 2 rings (SSSR count). The topological polar surface area (TPSA) is 32.3 Å². The van der Waals surface area contributed by atoms with Gasteiger partial charge in [-0.25, -0.2) is 4.39 Å². The molecule has 1 saturated heterocycles. The van der Waals surface area contributed by atoms with Crippen molar-refractivity contribution in [1.82, 2.24) is 5.32 Å². The number of benzene rings is 1. The lowest BCUT2D eigenvalue weighted by Gasteiger charge is -2.38. The van der Waals surface area contributed by atoms with Gasteiger partial charge in [0.05, 0.1) is 10.1 Å². The molecule has 2 atom stereocenters. The number of rotatable bonds is 2. The lowest BCUT2D eigenvalue weighted by molar-refractivity contribution is -0.0329. The molecule has 0 aliphatic carbocycles. The van der Waals surface area contributed by atoms with E-state index < -0.39 is 5.60 Å². The second kappa shape index (κ2) is 5.04. The summed E-state index contributed by atoms with van der Waals surface area (Å²) in [7, 11) is 0. The highest BCUT2D eigenvalue weighted by Crippen LogP contribution is 2.29. The van der Waals surface area contributed by atoms with Gasteiger partial charge in [0.15, 0.2) is 0 Å². The SMILES string of the molecule is CC1CNCCC1(O)Cc1ccc(F)c(Br)c1. The number of piperidine rings is 1. The molecule has 2 nitrogen and oxygen atoms in total. The average molecular weight is 302 g/mol. The zero-order valence-electron chi connectivity index (χ0n) is 9.84. The highest BCUT2D eigenvalue weighted by molar-refractivity contribution is 9.10. The van der Waals surface area contributed by atoms with Gasteiger partial charge in [-0.1, -0.05) is 13.0 Å². The number of nitrogens with one attached hydrogen (secondary N) is 1. The van der Waals surface area contributed by atoms with Crippen molar-refractivity contribution in [2.75, 3.05) is 13.1 Å². The van der Waals surface area contributed by atoms with E-state index in [1.165, 1.54) is 6.07 Å². The van der Waals surface area contributed by atoms with E-state index in [2.05, 4.69) is 21.2 Å². The van der Waals surface area contributed by atoms with Gasteiger partial charge < -0.3 is 10.4 Å². The van der Waals surface area contributed by atoms with E-state index in [0.29, 0.717) is 10.9 Å². The third kappa shape index (κ3) is 2.87. The fourth-order valence-electron chi connectivity index (χ4n) is 2.33. The van der Waals surface area contributed by atoms with E-state index in [1.54, 1.807) is 12.1 Å². The molecule has 0 bridgehead atoms. The molecule has 0 amide bonds.